The minimum atomic E-state index is -4.37. The molecule has 0 aliphatic rings. The van der Waals surface area contributed by atoms with E-state index in [0.717, 1.165) is 22.0 Å². The second-order valence-corrected chi connectivity index (χ2v) is 13.0. The lowest BCUT2D eigenvalue weighted by Crippen LogP contribution is -2.53. The third-order valence-electron chi connectivity index (χ3n) is 7.09. The molecule has 12 heteroatoms. The van der Waals surface area contributed by atoms with E-state index in [1.54, 1.807) is 26.0 Å². The van der Waals surface area contributed by atoms with E-state index in [4.69, 9.17) is 27.9 Å². The smallest absolute Gasteiger partial charge is 0.264 e. The van der Waals surface area contributed by atoms with Crippen molar-refractivity contribution in [2.24, 2.45) is 0 Å². The molecule has 0 saturated heterocycles. The number of carbonyl (C=O) groups excluding carboxylic acids is 2. The average molecular weight is 687 g/mol. The largest absolute Gasteiger partial charge is 0.494 e. The fourth-order valence-electron chi connectivity index (χ4n) is 4.82. The van der Waals surface area contributed by atoms with Crippen molar-refractivity contribution in [1.29, 1.82) is 0 Å². The summed E-state index contributed by atoms with van der Waals surface area (Å²) in [5.74, 6) is -1.21. The van der Waals surface area contributed by atoms with Gasteiger partial charge in [-0.1, -0.05) is 59.6 Å². The molecule has 0 heterocycles. The fraction of sp³-hybridized carbons (Fsp3) is 0.235. The Bertz CT molecular complexity index is 1740. The Morgan fingerprint density at radius 3 is 2.20 bits per heavy atom. The maximum absolute atomic E-state index is 14.4. The number of anilines is 1. The molecule has 0 saturated carbocycles. The number of amides is 2. The normalized spacial score (nSPS) is 11.8. The van der Waals surface area contributed by atoms with Gasteiger partial charge in [-0.15, -0.1) is 0 Å². The van der Waals surface area contributed by atoms with Crippen molar-refractivity contribution < 1.29 is 27.1 Å². The number of hydrogen-bond donors (Lipinski definition) is 1. The van der Waals surface area contributed by atoms with Crippen LogP contribution in [0.2, 0.25) is 10.0 Å². The molecule has 0 spiro atoms. The molecule has 1 N–H and O–H groups in total. The van der Waals surface area contributed by atoms with Crippen LogP contribution in [0.4, 0.5) is 10.1 Å². The summed E-state index contributed by atoms with van der Waals surface area (Å²) in [6.45, 7) is 3.45. The van der Waals surface area contributed by atoms with Crippen LogP contribution >= 0.6 is 23.2 Å². The molecule has 4 aromatic carbocycles. The highest BCUT2D eigenvalue weighted by Gasteiger charge is 2.35. The number of likely N-dealkylation sites (N-methyl/N-ethyl adjacent to an activating group) is 1. The molecule has 242 valence electrons. The van der Waals surface area contributed by atoms with Gasteiger partial charge in [0.2, 0.25) is 11.8 Å². The fourth-order valence-corrected chi connectivity index (χ4v) is 6.70. The van der Waals surface area contributed by atoms with Gasteiger partial charge in [-0.2, -0.15) is 0 Å². The predicted octanol–water partition coefficient (Wildman–Crippen LogP) is 6.50. The van der Waals surface area contributed by atoms with Crippen LogP contribution in [0.15, 0.2) is 102 Å². The summed E-state index contributed by atoms with van der Waals surface area (Å²) in [4.78, 5) is 29.2. The summed E-state index contributed by atoms with van der Waals surface area (Å²) in [7, 11) is -4.37. The van der Waals surface area contributed by atoms with E-state index < -0.39 is 40.2 Å². The van der Waals surface area contributed by atoms with Gasteiger partial charge in [0.1, 0.15) is 24.2 Å². The first-order chi connectivity index (χ1) is 22.0. The topological polar surface area (TPSA) is 96.0 Å². The highest BCUT2D eigenvalue weighted by Crippen LogP contribution is 2.28. The Morgan fingerprint density at radius 2 is 1.59 bits per heavy atom. The molecule has 46 heavy (non-hydrogen) atoms. The van der Waals surface area contributed by atoms with Crippen LogP contribution in [-0.2, 0) is 32.6 Å². The maximum atomic E-state index is 14.4. The van der Waals surface area contributed by atoms with Gasteiger partial charge in [-0.3, -0.25) is 13.9 Å². The van der Waals surface area contributed by atoms with E-state index in [1.165, 1.54) is 47.4 Å². The zero-order valence-electron chi connectivity index (χ0n) is 25.3. The number of nitrogens with one attached hydrogen (secondary N) is 1. The molecule has 0 aliphatic heterocycles. The van der Waals surface area contributed by atoms with E-state index in [2.05, 4.69) is 5.32 Å². The van der Waals surface area contributed by atoms with Crippen molar-refractivity contribution in [2.75, 3.05) is 24.0 Å². The molecule has 4 aromatic rings. The standard InChI is InChI=1S/C34H34Cl2FN3O5S/c1-3-38-34(42)32(20-24-8-6-5-7-9-24)39(22-25-10-11-26(35)21-31(25)36)33(41)23-40(28-14-12-27(37)13-15-28)46(43,44)30-18-16-29(17-19-30)45-4-2/h5-19,21,32H,3-4,20,22-23H2,1-2H3,(H,38,42)/t32-/m1/s1. The molecular weight excluding hydrogens is 652 g/mol. The van der Waals surface area contributed by atoms with Crippen LogP contribution in [-0.4, -0.2) is 50.9 Å². The Balaban J connectivity index is 1.80. The summed E-state index contributed by atoms with van der Waals surface area (Å²) >= 11 is 12.6. The summed E-state index contributed by atoms with van der Waals surface area (Å²) in [5.41, 5.74) is 1.35. The number of benzene rings is 4. The van der Waals surface area contributed by atoms with Gasteiger partial charge in [-0.05, 0) is 85.6 Å². The van der Waals surface area contributed by atoms with Crippen LogP contribution in [0.25, 0.3) is 0 Å². The summed E-state index contributed by atoms with van der Waals surface area (Å²) in [6, 6.07) is 23.5. The molecule has 1 atom stereocenters. The van der Waals surface area contributed by atoms with Crippen molar-refractivity contribution in [1.82, 2.24) is 10.2 Å². The van der Waals surface area contributed by atoms with Gasteiger partial charge in [0.15, 0.2) is 0 Å². The monoisotopic (exact) mass is 685 g/mol. The molecule has 4 rings (SSSR count). The van der Waals surface area contributed by atoms with Gasteiger partial charge in [-0.25, -0.2) is 12.8 Å². The van der Waals surface area contributed by atoms with Crippen LogP contribution in [0.5, 0.6) is 5.75 Å². The number of carbonyl (C=O) groups is 2. The van der Waals surface area contributed by atoms with Crippen molar-refractivity contribution in [2.45, 2.75) is 37.8 Å². The quantitative estimate of drug-likeness (QED) is 0.163. The molecule has 0 fully saturated rings. The third kappa shape index (κ3) is 8.78. The molecule has 2 amide bonds. The molecule has 0 unspecified atom stereocenters. The second kappa shape index (κ2) is 15.9. The molecule has 8 nitrogen and oxygen atoms in total. The molecule has 0 bridgehead atoms. The minimum Gasteiger partial charge on any atom is -0.494 e. The van der Waals surface area contributed by atoms with E-state index >= 15 is 0 Å². The molecular formula is C34H34Cl2FN3O5S. The van der Waals surface area contributed by atoms with Crippen molar-refractivity contribution in [3.05, 3.63) is 124 Å². The Hall–Kier alpha value is -4.12. The van der Waals surface area contributed by atoms with Gasteiger partial charge < -0.3 is 15.0 Å². The molecule has 0 aliphatic carbocycles. The van der Waals surface area contributed by atoms with Gasteiger partial charge >= 0.3 is 0 Å². The lowest BCUT2D eigenvalue weighted by atomic mass is 10.0. The molecule has 0 aromatic heterocycles. The first kappa shape index (κ1) is 34.7. The first-order valence-corrected chi connectivity index (χ1v) is 16.8. The second-order valence-electron chi connectivity index (χ2n) is 10.2. The van der Waals surface area contributed by atoms with Gasteiger partial charge in [0.25, 0.3) is 10.0 Å². The highest BCUT2D eigenvalue weighted by atomic mass is 35.5. The van der Waals surface area contributed by atoms with Crippen LogP contribution < -0.4 is 14.4 Å². The van der Waals surface area contributed by atoms with Crippen LogP contribution in [0.3, 0.4) is 0 Å². The number of nitrogens with zero attached hydrogens (tertiary/aromatic N) is 2. The zero-order chi connectivity index (χ0) is 33.3. The lowest BCUT2D eigenvalue weighted by Gasteiger charge is -2.34. The van der Waals surface area contributed by atoms with E-state index in [-0.39, 0.29) is 28.6 Å². The van der Waals surface area contributed by atoms with Gasteiger partial charge in [0.05, 0.1) is 17.2 Å². The SMILES string of the molecule is CCNC(=O)[C@@H](Cc1ccccc1)N(Cc1ccc(Cl)cc1Cl)C(=O)CN(c1ccc(F)cc1)S(=O)(=O)c1ccc(OCC)cc1. The number of halogens is 3. The van der Waals surface area contributed by atoms with Gasteiger partial charge in [0, 0.05) is 29.6 Å². The Kier molecular flexibility index (Phi) is 12.0. The van der Waals surface area contributed by atoms with Crippen molar-refractivity contribution in [3.8, 4) is 5.75 Å². The summed E-state index contributed by atoms with van der Waals surface area (Å²) < 4.78 is 48.5. The van der Waals surface area contributed by atoms with Crippen LogP contribution in [0, 0.1) is 5.82 Å². The average Bonchev–Trinajstić information content (AvgIpc) is 3.04. The third-order valence-corrected chi connectivity index (χ3v) is 9.47. The van der Waals surface area contributed by atoms with Crippen LogP contribution in [0.1, 0.15) is 25.0 Å². The van der Waals surface area contributed by atoms with E-state index in [1.807, 2.05) is 30.3 Å². The van der Waals surface area contributed by atoms with E-state index in [9.17, 15) is 22.4 Å². The lowest BCUT2D eigenvalue weighted by molar-refractivity contribution is -0.140. The number of ether oxygens (including phenoxy) is 1. The summed E-state index contributed by atoms with van der Waals surface area (Å²) in [5, 5.41) is 3.47. The molecule has 0 radical (unpaired) electrons. The predicted molar refractivity (Wildman–Crippen MR) is 178 cm³/mol. The number of sulfonamides is 1. The van der Waals surface area contributed by atoms with Crippen molar-refractivity contribution in [3.63, 3.8) is 0 Å². The van der Waals surface area contributed by atoms with E-state index in [0.29, 0.717) is 29.5 Å². The Labute approximate surface area is 278 Å². The Morgan fingerprint density at radius 1 is 0.913 bits per heavy atom. The zero-order valence-corrected chi connectivity index (χ0v) is 27.7. The highest BCUT2D eigenvalue weighted by molar-refractivity contribution is 7.92. The first-order valence-electron chi connectivity index (χ1n) is 14.6. The summed E-state index contributed by atoms with van der Waals surface area (Å²) in [6.07, 6.45) is 0.145. The maximum Gasteiger partial charge on any atom is 0.264 e. The number of rotatable bonds is 14. The van der Waals surface area contributed by atoms with Crippen molar-refractivity contribution >= 4 is 50.7 Å². The number of hydrogen-bond acceptors (Lipinski definition) is 5. The minimum absolute atomic E-state index is 0.0609.